The number of nitrogens with one attached hydrogen (secondary N) is 2. The van der Waals surface area contributed by atoms with Gasteiger partial charge in [0.25, 0.3) is 16.0 Å². The number of nitrogens with zero attached hydrogens (tertiary/aromatic N) is 3. The van der Waals surface area contributed by atoms with E-state index in [2.05, 4.69) is 24.9 Å². The number of aryl methyl sites for hydroxylation is 1. The van der Waals surface area contributed by atoms with Crippen LogP contribution >= 0.6 is 11.3 Å². The van der Waals surface area contributed by atoms with E-state index in [0.29, 0.717) is 17.2 Å². The van der Waals surface area contributed by atoms with Crippen molar-refractivity contribution in [2.24, 2.45) is 0 Å². The van der Waals surface area contributed by atoms with Crippen LogP contribution in [0.5, 0.6) is 0 Å². The summed E-state index contributed by atoms with van der Waals surface area (Å²) in [6.45, 7) is 1.60. The van der Waals surface area contributed by atoms with Crippen LogP contribution in [-0.2, 0) is 10.0 Å². The third-order valence-corrected chi connectivity index (χ3v) is 4.50. The molecule has 0 saturated carbocycles. The third kappa shape index (κ3) is 2.31. The highest BCUT2D eigenvalue weighted by molar-refractivity contribution is 7.94. The molecule has 0 aliphatic heterocycles. The van der Waals surface area contributed by atoms with Gasteiger partial charge in [-0.15, -0.1) is 16.4 Å². The monoisotopic (exact) mass is 289 g/mol. The molecule has 2 aromatic heterocycles. The number of carboxylic acid groups (broad SMARTS) is 1. The fourth-order valence-electron chi connectivity index (χ4n) is 1.12. The molecule has 18 heavy (non-hydrogen) atoms. The Balaban J connectivity index is 2.37. The molecule has 0 aliphatic rings. The standard InChI is InChI=1S/C7H7N5O4S2/c1-3-9-7(11-10-3)12-18(15,16)6-4(5(13)14)8-2-17-6/h2H,1H3,(H,13,14)(H2,9,10,11,12). The molecule has 0 aliphatic carbocycles. The highest BCUT2D eigenvalue weighted by Crippen LogP contribution is 2.21. The van der Waals surface area contributed by atoms with Gasteiger partial charge < -0.3 is 5.11 Å². The molecule has 0 spiro atoms. The minimum atomic E-state index is -4.05. The van der Waals surface area contributed by atoms with Crippen LogP contribution in [0.25, 0.3) is 0 Å². The van der Waals surface area contributed by atoms with Crippen LogP contribution < -0.4 is 4.72 Å². The summed E-state index contributed by atoms with van der Waals surface area (Å²) in [4.78, 5) is 18.0. The summed E-state index contributed by atoms with van der Waals surface area (Å²) >= 11 is 0.703. The fourth-order valence-corrected chi connectivity index (χ4v) is 3.21. The van der Waals surface area contributed by atoms with Gasteiger partial charge in [-0.05, 0) is 6.92 Å². The zero-order valence-electron chi connectivity index (χ0n) is 8.91. The number of thiazole rings is 1. The number of H-pyrrole nitrogens is 1. The van der Waals surface area contributed by atoms with Gasteiger partial charge in [-0.25, -0.2) is 22.9 Å². The number of carboxylic acids is 1. The highest BCUT2D eigenvalue weighted by atomic mass is 32.2. The molecule has 3 N–H and O–H groups in total. The second-order valence-corrected chi connectivity index (χ2v) is 5.88. The van der Waals surface area contributed by atoms with Gasteiger partial charge in [0.1, 0.15) is 5.82 Å². The number of carbonyl (C=O) groups is 1. The van der Waals surface area contributed by atoms with Gasteiger partial charge in [0, 0.05) is 0 Å². The second kappa shape index (κ2) is 4.34. The molecule has 0 aromatic carbocycles. The number of anilines is 1. The lowest BCUT2D eigenvalue weighted by Crippen LogP contribution is -2.16. The van der Waals surface area contributed by atoms with E-state index in [0.717, 1.165) is 5.51 Å². The normalized spacial score (nSPS) is 11.4. The summed E-state index contributed by atoms with van der Waals surface area (Å²) in [6.07, 6.45) is 0. The molecule has 0 unspecified atom stereocenters. The molecular formula is C7H7N5O4S2. The van der Waals surface area contributed by atoms with E-state index in [1.807, 2.05) is 0 Å². The third-order valence-electron chi connectivity index (χ3n) is 1.80. The zero-order valence-corrected chi connectivity index (χ0v) is 10.5. The number of aromatic carboxylic acids is 1. The Morgan fingerprint density at radius 1 is 1.56 bits per heavy atom. The van der Waals surface area contributed by atoms with Crippen molar-refractivity contribution in [2.45, 2.75) is 11.1 Å². The number of hydrogen-bond donors (Lipinski definition) is 3. The Hall–Kier alpha value is -2.01. The van der Waals surface area contributed by atoms with E-state index in [1.54, 1.807) is 6.92 Å². The van der Waals surface area contributed by atoms with Gasteiger partial charge in [0.15, 0.2) is 9.90 Å². The van der Waals surface area contributed by atoms with Gasteiger partial charge >= 0.3 is 5.97 Å². The number of hydrogen-bond acceptors (Lipinski definition) is 7. The first-order valence-electron chi connectivity index (χ1n) is 4.49. The first-order chi connectivity index (χ1) is 8.40. The van der Waals surface area contributed by atoms with Crippen LogP contribution in [0.4, 0.5) is 5.95 Å². The number of sulfonamides is 1. The summed E-state index contributed by atoms with van der Waals surface area (Å²) in [5.41, 5.74) is 0.612. The molecule has 0 bridgehead atoms. The van der Waals surface area contributed by atoms with Crippen molar-refractivity contribution in [3.8, 4) is 0 Å². The smallest absolute Gasteiger partial charge is 0.356 e. The lowest BCUT2D eigenvalue weighted by Gasteiger charge is -2.01. The van der Waals surface area contributed by atoms with E-state index >= 15 is 0 Å². The van der Waals surface area contributed by atoms with Crippen LogP contribution in [0.15, 0.2) is 9.72 Å². The Morgan fingerprint density at radius 3 is 2.83 bits per heavy atom. The lowest BCUT2D eigenvalue weighted by molar-refractivity contribution is 0.0687. The van der Waals surface area contributed by atoms with Gasteiger partial charge in [-0.2, -0.15) is 4.98 Å². The van der Waals surface area contributed by atoms with Crippen LogP contribution in [0.2, 0.25) is 0 Å². The van der Waals surface area contributed by atoms with Crippen LogP contribution in [0.1, 0.15) is 16.3 Å². The van der Waals surface area contributed by atoms with Crippen molar-refractivity contribution in [1.29, 1.82) is 0 Å². The van der Waals surface area contributed by atoms with Crippen molar-refractivity contribution in [3.63, 3.8) is 0 Å². The Labute approximate surface area is 105 Å². The summed E-state index contributed by atoms with van der Waals surface area (Å²) in [5, 5.41) is 14.9. The number of aromatic nitrogens is 4. The van der Waals surface area contributed by atoms with Crippen LogP contribution in [0.3, 0.4) is 0 Å². The molecule has 2 heterocycles. The number of aromatic amines is 1. The van der Waals surface area contributed by atoms with Crippen molar-refractivity contribution in [1.82, 2.24) is 20.2 Å². The topological polar surface area (TPSA) is 138 Å². The minimum Gasteiger partial charge on any atom is -0.476 e. The highest BCUT2D eigenvalue weighted by Gasteiger charge is 2.26. The maximum Gasteiger partial charge on any atom is 0.356 e. The van der Waals surface area contributed by atoms with Gasteiger partial charge in [0.05, 0.1) is 5.51 Å². The molecule has 2 aromatic rings. The van der Waals surface area contributed by atoms with Crippen molar-refractivity contribution in [3.05, 3.63) is 17.0 Å². The van der Waals surface area contributed by atoms with Crippen molar-refractivity contribution >= 4 is 33.3 Å². The molecule has 0 fully saturated rings. The van der Waals surface area contributed by atoms with Crippen molar-refractivity contribution in [2.75, 3.05) is 4.72 Å². The molecule has 96 valence electrons. The lowest BCUT2D eigenvalue weighted by atomic mass is 10.5. The largest absolute Gasteiger partial charge is 0.476 e. The molecule has 2 rings (SSSR count). The zero-order chi connectivity index (χ0) is 13.3. The van der Waals surface area contributed by atoms with Gasteiger partial charge in [0.2, 0.25) is 0 Å². The summed E-state index contributed by atoms with van der Waals surface area (Å²) in [7, 11) is -4.05. The summed E-state index contributed by atoms with van der Waals surface area (Å²) < 4.78 is 25.5. The molecule has 9 nitrogen and oxygen atoms in total. The molecule has 0 atom stereocenters. The predicted octanol–water partition coefficient (Wildman–Crippen LogP) is 0.0686. The molecule has 0 saturated heterocycles. The predicted molar refractivity (Wildman–Crippen MR) is 61.0 cm³/mol. The second-order valence-electron chi connectivity index (χ2n) is 3.14. The first-order valence-corrected chi connectivity index (χ1v) is 6.85. The molecule has 0 radical (unpaired) electrons. The van der Waals surface area contributed by atoms with Crippen LogP contribution in [-0.4, -0.2) is 39.7 Å². The Bertz CT molecular complexity index is 688. The molecular weight excluding hydrogens is 282 g/mol. The molecule has 11 heteroatoms. The van der Waals surface area contributed by atoms with E-state index < -0.39 is 25.9 Å². The van der Waals surface area contributed by atoms with Crippen LogP contribution in [0, 0.1) is 6.92 Å². The number of rotatable bonds is 4. The SMILES string of the molecule is Cc1nc(NS(=O)(=O)c2scnc2C(=O)O)n[nH]1. The minimum absolute atomic E-state index is 0.155. The average Bonchev–Trinajstić information content (AvgIpc) is 2.86. The van der Waals surface area contributed by atoms with Gasteiger partial charge in [-0.1, -0.05) is 0 Å². The maximum atomic E-state index is 11.9. The quantitative estimate of drug-likeness (QED) is 0.723. The van der Waals surface area contributed by atoms with E-state index in [4.69, 9.17) is 5.11 Å². The maximum absolute atomic E-state index is 11.9. The Morgan fingerprint density at radius 2 is 2.28 bits per heavy atom. The summed E-state index contributed by atoms with van der Waals surface area (Å²) in [6, 6.07) is 0. The first kappa shape index (κ1) is 12.4. The fraction of sp³-hybridized carbons (Fsp3) is 0.143. The van der Waals surface area contributed by atoms with Crippen molar-refractivity contribution < 1.29 is 18.3 Å². The van der Waals surface area contributed by atoms with E-state index in [9.17, 15) is 13.2 Å². The van der Waals surface area contributed by atoms with E-state index in [1.165, 1.54) is 0 Å². The van der Waals surface area contributed by atoms with Gasteiger partial charge in [-0.3, -0.25) is 5.10 Å². The average molecular weight is 289 g/mol. The summed E-state index contributed by atoms with van der Waals surface area (Å²) in [5.74, 6) is -1.14. The van der Waals surface area contributed by atoms with E-state index in [-0.39, 0.29) is 5.95 Å². The Kier molecular flexibility index (Phi) is 3.00. The molecule has 0 amide bonds.